The minimum Gasteiger partial charge on any atom is -0.295 e. The fourth-order valence-electron chi connectivity index (χ4n) is 1.29. The molecule has 1 rings (SSSR count). The third kappa shape index (κ3) is 2.59. The molecule has 58 valence electrons. The summed E-state index contributed by atoms with van der Waals surface area (Å²) in [6, 6.07) is 0. The monoisotopic (exact) mass is 148 g/mol. The third-order valence-electron chi connectivity index (χ3n) is 1.87. The summed E-state index contributed by atoms with van der Waals surface area (Å²) in [4.78, 5) is 11.0. The summed E-state index contributed by atoms with van der Waals surface area (Å²) >= 11 is 0. The van der Waals surface area contributed by atoms with Crippen molar-refractivity contribution in [1.29, 1.82) is 0 Å². The zero-order chi connectivity index (χ0) is 8.10. The lowest BCUT2D eigenvalue weighted by atomic mass is 10.1. The van der Waals surface area contributed by atoms with Crippen molar-refractivity contribution in [3.63, 3.8) is 0 Å². The van der Waals surface area contributed by atoms with Gasteiger partial charge in [-0.25, -0.2) is 0 Å². The van der Waals surface area contributed by atoms with E-state index in [2.05, 4.69) is 5.92 Å². The Morgan fingerprint density at radius 2 is 2.18 bits per heavy atom. The van der Waals surface area contributed by atoms with Crippen LogP contribution in [-0.2, 0) is 4.79 Å². The van der Waals surface area contributed by atoms with E-state index in [0.29, 0.717) is 12.8 Å². The number of hydrogen-bond acceptors (Lipinski definition) is 1. The maximum atomic E-state index is 11.0. The lowest BCUT2D eigenvalue weighted by Crippen LogP contribution is -1.89. The average molecular weight is 148 g/mol. The summed E-state index contributed by atoms with van der Waals surface area (Å²) in [5, 5.41) is 0. The van der Waals surface area contributed by atoms with E-state index in [0.717, 1.165) is 24.8 Å². The summed E-state index contributed by atoms with van der Waals surface area (Å²) in [6.45, 7) is 0. The van der Waals surface area contributed by atoms with Crippen LogP contribution in [0.3, 0.4) is 0 Å². The van der Waals surface area contributed by atoms with Crippen LogP contribution in [-0.4, -0.2) is 5.78 Å². The maximum Gasteiger partial charge on any atom is 0.155 e. The quantitative estimate of drug-likeness (QED) is 0.520. The minimum atomic E-state index is 0.243. The number of rotatable bonds is 1. The third-order valence-corrected chi connectivity index (χ3v) is 1.87. The highest BCUT2D eigenvalue weighted by Crippen LogP contribution is 2.16. The van der Waals surface area contributed by atoms with Crippen molar-refractivity contribution >= 4 is 5.78 Å². The standard InChI is InChI=1S/C10H12O/c1-2-5-9-6-3-4-7-10(11)8-9/h1,8H,3-7H2. The first-order chi connectivity index (χ1) is 5.33. The molecule has 0 heterocycles. The van der Waals surface area contributed by atoms with Crippen LogP contribution in [0, 0.1) is 12.3 Å². The predicted octanol–water partition coefficient (Wildman–Crippen LogP) is 2.08. The number of allylic oxidation sites excluding steroid dienone is 2. The van der Waals surface area contributed by atoms with Crippen molar-refractivity contribution in [2.45, 2.75) is 32.1 Å². The molecule has 0 saturated heterocycles. The number of terminal acetylenes is 1. The second-order valence-electron chi connectivity index (χ2n) is 2.86. The lowest BCUT2D eigenvalue weighted by Gasteiger charge is -1.96. The Labute approximate surface area is 67.5 Å². The maximum absolute atomic E-state index is 11.0. The molecule has 0 aromatic rings. The molecule has 0 radical (unpaired) electrons. The molecule has 1 nitrogen and oxygen atoms in total. The van der Waals surface area contributed by atoms with Crippen molar-refractivity contribution in [3.05, 3.63) is 11.6 Å². The minimum absolute atomic E-state index is 0.243. The average Bonchev–Trinajstić information content (AvgIpc) is 2.15. The fraction of sp³-hybridized carbons (Fsp3) is 0.500. The summed E-state index contributed by atoms with van der Waals surface area (Å²) in [5.41, 5.74) is 1.13. The SMILES string of the molecule is C#CCC1=CC(=O)CCCC1. The van der Waals surface area contributed by atoms with E-state index in [4.69, 9.17) is 6.42 Å². The van der Waals surface area contributed by atoms with Crippen LogP contribution in [0.25, 0.3) is 0 Å². The van der Waals surface area contributed by atoms with Gasteiger partial charge in [0.2, 0.25) is 0 Å². The van der Waals surface area contributed by atoms with E-state index in [1.165, 1.54) is 0 Å². The Bertz CT molecular complexity index is 218. The van der Waals surface area contributed by atoms with E-state index in [-0.39, 0.29) is 5.78 Å². The van der Waals surface area contributed by atoms with Crippen LogP contribution in [0.15, 0.2) is 11.6 Å². The van der Waals surface area contributed by atoms with Gasteiger partial charge in [0.05, 0.1) is 0 Å². The Kier molecular flexibility index (Phi) is 2.92. The molecule has 0 aromatic heterocycles. The van der Waals surface area contributed by atoms with Crippen LogP contribution in [0.4, 0.5) is 0 Å². The lowest BCUT2D eigenvalue weighted by molar-refractivity contribution is -0.114. The van der Waals surface area contributed by atoms with E-state index in [1.54, 1.807) is 6.08 Å². The normalized spacial score (nSPS) is 18.5. The summed E-state index contributed by atoms with van der Waals surface area (Å²) in [7, 11) is 0. The van der Waals surface area contributed by atoms with E-state index >= 15 is 0 Å². The van der Waals surface area contributed by atoms with Crippen molar-refractivity contribution in [2.24, 2.45) is 0 Å². The van der Waals surface area contributed by atoms with Gasteiger partial charge in [0.25, 0.3) is 0 Å². The van der Waals surface area contributed by atoms with E-state index in [1.807, 2.05) is 0 Å². The van der Waals surface area contributed by atoms with Gasteiger partial charge in [-0.1, -0.05) is 5.57 Å². The van der Waals surface area contributed by atoms with Crippen LogP contribution >= 0.6 is 0 Å². The highest BCUT2D eigenvalue weighted by molar-refractivity contribution is 5.90. The first kappa shape index (κ1) is 8.07. The molecule has 11 heavy (non-hydrogen) atoms. The molecule has 0 bridgehead atoms. The molecule has 1 aliphatic rings. The van der Waals surface area contributed by atoms with E-state index < -0.39 is 0 Å². The fourth-order valence-corrected chi connectivity index (χ4v) is 1.29. The van der Waals surface area contributed by atoms with Gasteiger partial charge >= 0.3 is 0 Å². The second-order valence-corrected chi connectivity index (χ2v) is 2.86. The molecule has 0 saturated carbocycles. The molecule has 0 aromatic carbocycles. The van der Waals surface area contributed by atoms with Crippen molar-refractivity contribution in [2.75, 3.05) is 0 Å². The van der Waals surface area contributed by atoms with Gasteiger partial charge in [0, 0.05) is 12.8 Å². The number of hydrogen-bond donors (Lipinski definition) is 0. The van der Waals surface area contributed by atoms with Gasteiger partial charge in [0.15, 0.2) is 5.78 Å². The smallest absolute Gasteiger partial charge is 0.155 e. The first-order valence-electron chi connectivity index (χ1n) is 3.98. The molecule has 0 N–H and O–H groups in total. The number of carbonyl (C=O) groups is 1. The topological polar surface area (TPSA) is 17.1 Å². The Hall–Kier alpha value is -1.03. The van der Waals surface area contributed by atoms with Gasteiger partial charge in [-0.2, -0.15) is 0 Å². The zero-order valence-corrected chi connectivity index (χ0v) is 6.60. The molecule has 0 atom stereocenters. The van der Waals surface area contributed by atoms with Gasteiger partial charge in [0.1, 0.15) is 0 Å². The van der Waals surface area contributed by atoms with E-state index in [9.17, 15) is 4.79 Å². The zero-order valence-electron chi connectivity index (χ0n) is 6.60. The highest BCUT2D eigenvalue weighted by Gasteiger charge is 2.06. The molecule has 1 heteroatoms. The largest absolute Gasteiger partial charge is 0.295 e. The summed E-state index contributed by atoms with van der Waals surface area (Å²) in [6.07, 6.45) is 11.4. The molecule has 0 spiro atoms. The van der Waals surface area contributed by atoms with Crippen molar-refractivity contribution in [3.8, 4) is 12.3 Å². The summed E-state index contributed by atoms with van der Waals surface area (Å²) < 4.78 is 0. The second kappa shape index (κ2) is 3.98. The molecule has 0 amide bonds. The van der Waals surface area contributed by atoms with Crippen molar-refractivity contribution in [1.82, 2.24) is 0 Å². The van der Waals surface area contributed by atoms with Gasteiger partial charge in [-0.05, 0) is 25.3 Å². The first-order valence-corrected chi connectivity index (χ1v) is 3.98. The Morgan fingerprint density at radius 3 is 2.91 bits per heavy atom. The Balaban J connectivity index is 2.61. The van der Waals surface area contributed by atoms with Crippen LogP contribution < -0.4 is 0 Å². The predicted molar refractivity (Wildman–Crippen MR) is 45.0 cm³/mol. The van der Waals surface area contributed by atoms with Crippen LogP contribution in [0.1, 0.15) is 32.1 Å². The van der Waals surface area contributed by atoms with Gasteiger partial charge in [-0.3, -0.25) is 4.79 Å². The highest BCUT2D eigenvalue weighted by atomic mass is 16.1. The molecular weight excluding hydrogens is 136 g/mol. The van der Waals surface area contributed by atoms with Crippen molar-refractivity contribution < 1.29 is 4.79 Å². The van der Waals surface area contributed by atoms with Gasteiger partial charge < -0.3 is 0 Å². The molecule has 0 aliphatic heterocycles. The number of ketones is 1. The van der Waals surface area contributed by atoms with Crippen LogP contribution in [0.5, 0.6) is 0 Å². The van der Waals surface area contributed by atoms with Gasteiger partial charge in [-0.15, -0.1) is 12.3 Å². The summed E-state index contributed by atoms with van der Waals surface area (Å²) in [5.74, 6) is 2.81. The van der Waals surface area contributed by atoms with Crippen LogP contribution in [0.2, 0.25) is 0 Å². The number of carbonyl (C=O) groups excluding carboxylic acids is 1. The molecule has 1 aliphatic carbocycles. The molecule has 0 unspecified atom stereocenters. The Morgan fingerprint density at radius 1 is 1.45 bits per heavy atom. The molecule has 0 fully saturated rings. The molecular formula is C10H12O.